The highest BCUT2D eigenvalue weighted by Crippen LogP contribution is 2.42. The summed E-state index contributed by atoms with van der Waals surface area (Å²) in [6, 6.07) is 42.8. The highest BCUT2D eigenvalue weighted by Gasteiger charge is 2.38. The third-order valence-electron chi connectivity index (χ3n) is 13.0. The summed E-state index contributed by atoms with van der Waals surface area (Å²) < 4.78 is 38.6. The summed E-state index contributed by atoms with van der Waals surface area (Å²) in [5, 5.41) is 4.31. The van der Waals surface area contributed by atoms with Crippen LogP contribution in [0.5, 0.6) is 34.5 Å². The lowest BCUT2D eigenvalue weighted by atomic mass is 9.72. The van der Waals surface area contributed by atoms with Crippen molar-refractivity contribution in [2.45, 2.75) is 116 Å². The molecule has 6 aromatic rings. The zero-order valence-corrected chi connectivity index (χ0v) is 37.7. The van der Waals surface area contributed by atoms with Gasteiger partial charge in [0.2, 0.25) is 0 Å². The van der Waals surface area contributed by atoms with Gasteiger partial charge >= 0.3 is 0 Å². The topological polar surface area (TPSA) is 55.4 Å². The van der Waals surface area contributed by atoms with Gasteiger partial charge in [0.25, 0.3) is 0 Å². The van der Waals surface area contributed by atoms with Crippen LogP contribution in [0.4, 0.5) is 0 Å². The van der Waals surface area contributed by atoms with E-state index in [0.29, 0.717) is 13.2 Å². The molecule has 322 valence electrons. The van der Waals surface area contributed by atoms with Gasteiger partial charge < -0.3 is 28.4 Å². The summed E-state index contributed by atoms with van der Waals surface area (Å²) in [6.07, 6.45) is 9.11. The van der Waals surface area contributed by atoms with Crippen LogP contribution in [0.3, 0.4) is 0 Å². The van der Waals surface area contributed by atoms with Crippen LogP contribution in [0.2, 0.25) is 0 Å². The lowest BCUT2D eigenvalue weighted by Crippen LogP contribution is -2.40. The molecule has 4 atom stereocenters. The molecule has 6 aromatic carbocycles. The second-order valence-electron chi connectivity index (χ2n) is 17.3. The zero-order valence-electron chi connectivity index (χ0n) is 37.7. The van der Waals surface area contributed by atoms with Crippen LogP contribution in [-0.2, 0) is 10.8 Å². The SMILES string of the molecule is CCC(C)Oc1ccc(C2(c3ccc(OC(C)CC)cc3)C=c3c(ccc4c5c(ccc34)OCC(c3ccc(OC(C)CC)cc3)(c3ccc(OC(C)CC)cc3)C=5)OC2)cc1. The molecule has 0 saturated heterocycles. The van der Waals surface area contributed by atoms with Crippen LogP contribution in [0, 0.1) is 0 Å². The van der Waals surface area contributed by atoms with Gasteiger partial charge in [-0.1, -0.05) is 88.4 Å². The van der Waals surface area contributed by atoms with Crippen LogP contribution in [-0.4, -0.2) is 37.6 Å². The minimum absolute atomic E-state index is 0.132. The predicted molar refractivity (Wildman–Crippen MR) is 252 cm³/mol. The normalized spacial score (nSPS) is 19.8. The molecule has 2 heterocycles. The molecule has 2 aliphatic heterocycles. The van der Waals surface area contributed by atoms with E-state index in [-0.39, 0.29) is 24.4 Å². The lowest BCUT2D eigenvalue weighted by molar-refractivity contribution is 0.216. The van der Waals surface area contributed by atoms with Crippen molar-refractivity contribution >= 4 is 22.9 Å². The largest absolute Gasteiger partial charge is 0.491 e. The van der Waals surface area contributed by atoms with Gasteiger partial charge in [-0.2, -0.15) is 0 Å². The van der Waals surface area contributed by atoms with Gasteiger partial charge in [0.15, 0.2) is 0 Å². The molecule has 4 unspecified atom stereocenters. The van der Waals surface area contributed by atoms with Crippen molar-refractivity contribution in [3.8, 4) is 34.5 Å². The van der Waals surface area contributed by atoms with Gasteiger partial charge in [-0.25, -0.2) is 0 Å². The molecular weight excluding hydrogens is 769 g/mol. The van der Waals surface area contributed by atoms with E-state index in [1.165, 1.54) is 0 Å². The van der Waals surface area contributed by atoms with Crippen molar-refractivity contribution in [3.05, 3.63) is 154 Å². The molecule has 0 saturated carbocycles. The first-order valence-electron chi connectivity index (χ1n) is 22.7. The molecule has 0 amide bonds. The van der Waals surface area contributed by atoms with Gasteiger partial charge in [-0.3, -0.25) is 0 Å². The molecule has 8 rings (SSSR count). The summed E-state index contributed by atoms with van der Waals surface area (Å²) in [6.45, 7) is 17.9. The van der Waals surface area contributed by atoms with Crippen molar-refractivity contribution < 1.29 is 28.4 Å². The summed E-state index contributed by atoms with van der Waals surface area (Å²) in [5.74, 6) is 5.16. The summed E-state index contributed by atoms with van der Waals surface area (Å²) in [5.41, 5.74) is 3.31. The molecule has 6 nitrogen and oxygen atoms in total. The maximum Gasteiger partial charge on any atom is 0.126 e. The van der Waals surface area contributed by atoms with Crippen molar-refractivity contribution in [2.24, 2.45) is 0 Å². The third kappa shape index (κ3) is 8.49. The van der Waals surface area contributed by atoms with Crippen LogP contribution >= 0.6 is 0 Å². The number of ether oxygens (including phenoxy) is 6. The Balaban J connectivity index is 1.30. The lowest BCUT2D eigenvalue weighted by Gasteiger charge is -2.36. The first kappa shape index (κ1) is 42.8. The molecule has 0 bridgehead atoms. The van der Waals surface area contributed by atoms with E-state index >= 15 is 0 Å². The molecular formula is C56H62O6. The fourth-order valence-electron chi connectivity index (χ4n) is 8.51. The Bertz CT molecular complexity index is 2280. The molecule has 0 N–H and O–H groups in total. The van der Waals surface area contributed by atoms with Crippen molar-refractivity contribution in [1.82, 2.24) is 0 Å². The highest BCUT2D eigenvalue weighted by molar-refractivity contribution is 5.90. The minimum Gasteiger partial charge on any atom is -0.491 e. The Hall–Kier alpha value is -5.88. The van der Waals surface area contributed by atoms with Gasteiger partial charge in [0, 0.05) is 10.4 Å². The van der Waals surface area contributed by atoms with Crippen LogP contribution in [0.25, 0.3) is 22.9 Å². The number of benzene rings is 6. The molecule has 62 heavy (non-hydrogen) atoms. The van der Waals surface area contributed by atoms with E-state index in [1.807, 2.05) is 0 Å². The van der Waals surface area contributed by atoms with Gasteiger partial charge in [0.05, 0.1) is 35.2 Å². The number of rotatable bonds is 16. The Kier molecular flexibility index (Phi) is 12.6. The van der Waals surface area contributed by atoms with Crippen LogP contribution < -0.4 is 38.9 Å². The Morgan fingerprint density at radius 1 is 0.387 bits per heavy atom. The van der Waals surface area contributed by atoms with E-state index in [0.717, 1.165) is 104 Å². The van der Waals surface area contributed by atoms with Crippen molar-refractivity contribution in [2.75, 3.05) is 13.2 Å². The summed E-state index contributed by atoms with van der Waals surface area (Å²) >= 11 is 0. The monoisotopic (exact) mass is 830 g/mol. The van der Waals surface area contributed by atoms with Gasteiger partial charge in [0.1, 0.15) is 47.7 Å². The first-order chi connectivity index (χ1) is 30.1. The van der Waals surface area contributed by atoms with Crippen LogP contribution in [0.1, 0.15) is 103 Å². The van der Waals surface area contributed by atoms with Crippen molar-refractivity contribution in [3.63, 3.8) is 0 Å². The van der Waals surface area contributed by atoms with E-state index in [4.69, 9.17) is 28.4 Å². The Morgan fingerprint density at radius 3 is 0.887 bits per heavy atom. The second kappa shape index (κ2) is 18.2. The van der Waals surface area contributed by atoms with E-state index in [9.17, 15) is 0 Å². The fraction of sp³-hybridized carbons (Fsp3) is 0.357. The quantitative estimate of drug-likeness (QED) is 0.0968. The summed E-state index contributed by atoms with van der Waals surface area (Å²) in [7, 11) is 0. The fourth-order valence-corrected chi connectivity index (χ4v) is 8.51. The number of fused-ring (bicyclic) bond motifs is 5. The molecule has 2 aliphatic rings. The standard InChI is InChI=1S/C56H62O6/c1-9-37(5)59-45-21-13-41(14-22-45)55(42-15-23-46(24-16-42)60-38(6)10-2)33-51-49-29-32-54-52(50(49)30-31-53(51)57-35-55)34-56(36-58-54,43-17-25-47(26-18-43)61-39(7)11-3)44-19-27-48(28-20-44)62-40(8)12-4/h13-34,37-40H,9-12,35-36H2,1-8H3. The highest BCUT2D eigenvalue weighted by atomic mass is 16.5. The first-order valence-corrected chi connectivity index (χ1v) is 22.7. The smallest absolute Gasteiger partial charge is 0.126 e. The predicted octanol–water partition coefficient (Wildman–Crippen LogP) is 11.9. The molecule has 0 radical (unpaired) electrons. The maximum atomic E-state index is 6.84. The minimum atomic E-state index is -0.594. The molecule has 0 fully saturated rings. The van der Waals surface area contributed by atoms with E-state index in [2.05, 4.69) is 189 Å². The third-order valence-corrected chi connectivity index (χ3v) is 13.0. The molecule has 0 aliphatic carbocycles. The average molecular weight is 831 g/mol. The molecule has 0 spiro atoms. The van der Waals surface area contributed by atoms with Gasteiger partial charge in [-0.05, 0) is 159 Å². The van der Waals surface area contributed by atoms with E-state index < -0.39 is 10.8 Å². The van der Waals surface area contributed by atoms with Crippen molar-refractivity contribution in [1.29, 1.82) is 0 Å². The van der Waals surface area contributed by atoms with E-state index in [1.54, 1.807) is 0 Å². The maximum absolute atomic E-state index is 6.84. The second-order valence-corrected chi connectivity index (χ2v) is 17.3. The van der Waals surface area contributed by atoms with Gasteiger partial charge in [-0.15, -0.1) is 0 Å². The van der Waals surface area contributed by atoms with Crippen LogP contribution in [0.15, 0.2) is 121 Å². The number of hydrogen-bond acceptors (Lipinski definition) is 6. The summed E-state index contributed by atoms with van der Waals surface area (Å²) in [4.78, 5) is 0. The average Bonchev–Trinajstić information content (AvgIpc) is 3.31. The molecule has 0 aromatic heterocycles. The molecule has 6 heteroatoms. The Labute approximate surface area is 368 Å². The Morgan fingerprint density at radius 2 is 0.645 bits per heavy atom. The zero-order chi connectivity index (χ0) is 43.4. The number of hydrogen-bond donors (Lipinski definition) is 0.